The Labute approximate surface area is 113 Å². The van der Waals surface area contributed by atoms with Crippen LogP contribution in [-0.2, 0) is 9.05 Å². The molecule has 0 atom stereocenters. The number of ether oxygens (including phenoxy) is 1. The predicted octanol–water partition coefficient (Wildman–Crippen LogP) is 1.86. The number of aromatic nitrogens is 3. The maximum atomic E-state index is 11.1. The Kier molecular flexibility index (Phi) is 3.47. The average Bonchev–Trinajstić information content (AvgIpc) is 2.70. The second-order valence-electron chi connectivity index (χ2n) is 3.21. The Hall–Kier alpha value is -1.31. The number of hydrogen-bond acceptors (Lipinski definition) is 5. The van der Waals surface area contributed by atoms with Gasteiger partial charge >= 0.3 is 6.01 Å². The SMILES string of the molecule is COc1nc(Cl)n(-c2ccc(S(=O)(=O)Cl)cc2)n1. The molecule has 0 aliphatic heterocycles. The number of halogens is 2. The quantitative estimate of drug-likeness (QED) is 0.809. The molecule has 0 saturated heterocycles. The van der Waals surface area contributed by atoms with Gasteiger partial charge in [-0.05, 0) is 35.9 Å². The van der Waals surface area contributed by atoms with Crippen LogP contribution in [0.2, 0.25) is 5.28 Å². The third-order valence-electron chi connectivity index (χ3n) is 2.09. The molecule has 96 valence electrons. The Morgan fingerprint density at radius 1 is 1.28 bits per heavy atom. The summed E-state index contributed by atoms with van der Waals surface area (Å²) in [5.41, 5.74) is 0.542. The van der Waals surface area contributed by atoms with Gasteiger partial charge in [0.15, 0.2) is 0 Å². The van der Waals surface area contributed by atoms with E-state index < -0.39 is 9.05 Å². The molecule has 6 nitrogen and oxygen atoms in total. The minimum absolute atomic E-state index is 0.00359. The van der Waals surface area contributed by atoms with Crippen LogP contribution < -0.4 is 4.74 Å². The van der Waals surface area contributed by atoms with Gasteiger partial charge in [0, 0.05) is 10.7 Å². The Morgan fingerprint density at radius 2 is 1.89 bits per heavy atom. The van der Waals surface area contributed by atoms with Crippen molar-refractivity contribution >= 4 is 31.3 Å². The molecule has 0 radical (unpaired) electrons. The van der Waals surface area contributed by atoms with Gasteiger partial charge in [-0.25, -0.2) is 8.42 Å². The standard InChI is InChI=1S/C9H7Cl2N3O3S/c1-17-9-12-8(10)14(13-9)6-2-4-7(5-3-6)18(11,15)16/h2-5H,1H3. The molecule has 0 fully saturated rings. The van der Waals surface area contributed by atoms with E-state index in [-0.39, 0.29) is 16.2 Å². The highest BCUT2D eigenvalue weighted by molar-refractivity contribution is 8.13. The fourth-order valence-electron chi connectivity index (χ4n) is 1.28. The summed E-state index contributed by atoms with van der Waals surface area (Å²) >= 11 is 5.85. The molecule has 1 aromatic carbocycles. The summed E-state index contributed by atoms with van der Waals surface area (Å²) in [5.74, 6) is 0. The Morgan fingerprint density at radius 3 is 2.33 bits per heavy atom. The van der Waals surface area contributed by atoms with Gasteiger partial charge in [-0.3, -0.25) is 0 Å². The summed E-state index contributed by atoms with van der Waals surface area (Å²) < 4.78 is 28.3. The maximum absolute atomic E-state index is 11.1. The molecule has 2 aromatic rings. The van der Waals surface area contributed by atoms with Crippen molar-refractivity contribution < 1.29 is 13.2 Å². The topological polar surface area (TPSA) is 74.1 Å². The third kappa shape index (κ3) is 2.58. The van der Waals surface area contributed by atoms with E-state index in [1.807, 2.05) is 0 Å². The summed E-state index contributed by atoms with van der Waals surface area (Å²) in [4.78, 5) is 3.82. The van der Waals surface area contributed by atoms with Gasteiger partial charge in [-0.1, -0.05) is 0 Å². The van der Waals surface area contributed by atoms with Crippen LogP contribution in [0.5, 0.6) is 6.01 Å². The van der Waals surface area contributed by atoms with Crippen LogP contribution in [0, 0.1) is 0 Å². The number of hydrogen-bond donors (Lipinski definition) is 0. The molecule has 0 unspecified atom stereocenters. The van der Waals surface area contributed by atoms with Gasteiger partial charge in [0.25, 0.3) is 9.05 Å². The second-order valence-corrected chi connectivity index (χ2v) is 6.12. The summed E-state index contributed by atoms with van der Waals surface area (Å²) in [6.45, 7) is 0. The van der Waals surface area contributed by atoms with Crippen LogP contribution in [0.4, 0.5) is 0 Å². The van der Waals surface area contributed by atoms with Gasteiger partial charge < -0.3 is 4.74 Å². The van der Waals surface area contributed by atoms with Crippen LogP contribution in [0.25, 0.3) is 5.69 Å². The van der Waals surface area contributed by atoms with Crippen molar-refractivity contribution in [2.75, 3.05) is 7.11 Å². The van der Waals surface area contributed by atoms with Crippen molar-refractivity contribution in [1.29, 1.82) is 0 Å². The lowest BCUT2D eigenvalue weighted by atomic mass is 10.3. The monoisotopic (exact) mass is 307 g/mol. The molecule has 0 amide bonds. The zero-order valence-corrected chi connectivity index (χ0v) is 11.4. The van der Waals surface area contributed by atoms with Crippen LogP contribution in [0.15, 0.2) is 29.2 Å². The summed E-state index contributed by atoms with van der Waals surface area (Å²) in [5, 5.41) is 4.06. The fourth-order valence-corrected chi connectivity index (χ4v) is 2.25. The average molecular weight is 308 g/mol. The van der Waals surface area contributed by atoms with Crippen molar-refractivity contribution in [2.45, 2.75) is 4.90 Å². The van der Waals surface area contributed by atoms with E-state index in [1.165, 1.54) is 36.1 Å². The van der Waals surface area contributed by atoms with E-state index in [0.717, 1.165) is 0 Å². The first-order valence-electron chi connectivity index (χ1n) is 4.63. The molecule has 0 spiro atoms. The number of methoxy groups -OCH3 is 1. The Balaban J connectivity index is 2.43. The van der Waals surface area contributed by atoms with E-state index in [4.69, 9.17) is 27.0 Å². The molecule has 1 heterocycles. The second kappa shape index (κ2) is 4.75. The van der Waals surface area contributed by atoms with Gasteiger partial charge in [0.05, 0.1) is 17.7 Å². The first-order valence-corrected chi connectivity index (χ1v) is 7.32. The van der Waals surface area contributed by atoms with Crippen LogP contribution in [-0.4, -0.2) is 30.3 Å². The van der Waals surface area contributed by atoms with Crippen LogP contribution in [0.1, 0.15) is 0 Å². The molecule has 1 aromatic heterocycles. The lowest BCUT2D eigenvalue weighted by Gasteiger charge is -2.02. The van der Waals surface area contributed by atoms with Crippen molar-refractivity contribution in [3.05, 3.63) is 29.5 Å². The molecule has 0 bridgehead atoms. The van der Waals surface area contributed by atoms with Gasteiger partial charge in [0.1, 0.15) is 0 Å². The molecule has 0 aliphatic carbocycles. The van der Waals surface area contributed by atoms with Crippen molar-refractivity contribution in [1.82, 2.24) is 14.8 Å². The maximum Gasteiger partial charge on any atom is 0.336 e. The highest BCUT2D eigenvalue weighted by Gasteiger charge is 2.12. The zero-order chi connectivity index (χ0) is 13.3. The molecule has 2 rings (SSSR count). The molecule has 18 heavy (non-hydrogen) atoms. The van der Waals surface area contributed by atoms with E-state index in [1.54, 1.807) is 0 Å². The molecular formula is C9H7Cl2N3O3S. The van der Waals surface area contributed by atoms with E-state index in [2.05, 4.69) is 10.1 Å². The van der Waals surface area contributed by atoms with Crippen molar-refractivity contribution in [2.24, 2.45) is 0 Å². The molecule has 0 aliphatic rings. The lowest BCUT2D eigenvalue weighted by molar-refractivity contribution is 0.380. The smallest absolute Gasteiger partial charge is 0.336 e. The number of rotatable bonds is 3. The normalized spacial score (nSPS) is 11.5. The van der Waals surface area contributed by atoms with Gasteiger partial charge in [-0.2, -0.15) is 9.67 Å². The summed E-state index contributed by atoms with van der Waals surface area (Å²) in [6, 6.07) is 5.84. The molecule has 9 heteroatoms. The first-order chi connectivity index (χ1) is 8.41. The predicted molar refractivity (Wildman–Crippen MR) is 66.0 cm³/mol. The molecule has 0 N–H and O–H groups in total. The summed E-state index contributed by atoms with van der Waals surface area (Å²) in [7, 11) is 2.88. The largest absolute Gasteiger partial charge is 0.466 e. The minimum Gasteiger partial charge on any atom is -0.466 e. The fraction of sp³-hybridized carbons (Fsp3) is 0.111. The Bertz CT molecular complexity index is 667. The summed E-state index contributed by atoms with van der Waals surface area (Å²) in [6.07, 6.45) is 0. The zero-order valence-electron chi connectivity index (χ0n) is 9.04. The van der Waals surface area contributed by atoms with Gasteiger partial charge in [-0.15, -0.1) is 5.10 Å². The van der Waals surface area contributed by atoms with E-state index in [0.29, 0.717) is 5.69 Å². The molecule has 0 saturated carbocycles. The van der Waals surface area contributed by atoms with Crippen molar-refractivity contribution in [3.8, 4) is 11.7 Å². The van der Waals surface area contributed by atoms with E-state index >= 15 is 0 Å². The third-order valence-corrected chi connectivity index (χ3v) is 3.71. The van der Waals surface area contributed by atoms with Crippen molar-refractivity contribution in [3.63, 3.8) is 0 Å². The van der Waals surface area contributed by atoms with E-state index in [9.17, 15) is 8.42 Å². The highest BCUT2D eigenvalue weighted by Crippen LogP contribution is 2.20. The number of nitrogens with zero attached hydrogens (tertiary/aromatic N) is 3. The number of benzene rings is 1. The minimum atomic E-state index is -3.74. The van der Waals surface area contributed by atoms with Crippen LogP contribution >= 0.6 is 22.3 Å². The van der Waals surface area contributed by atoms with Crippen LogP contribution in [0.3, 0.4) is 0 Å². The molecular weight excluding hydrogens is 301 g/mol. The first kappa shape index (κ1) is 13.1. The lowest BCUT2D eigenvalue weighted by Crippen LogP contribution is -1.98. The highest BCUT2D eigenvalue weighted by atomic mass is 35.7. The van der Waals surface area contributed by atoms with Gasteiger partial charge in [0.2, 0.25) is 5.28 Å².